The molecule has 0 bridgehead atoms. The second kappa shape index (κ2) is 9.07. The molecule has 0 unspecified atom stereocenters. The fourth-order valence-electron chi connectivity index (χ4n) is 2.98. The molecule has 158 valence electrons. The van der Waals surface area contributed by atoms with E-state index in [-0.39, 0.29) is 16.4 Å². The van der Waals surface area contributed by atoms with Gasteiger partial charge in [0, 0.05) is 4.90 Å². The summed E-state index contributed by atoms with van der Waals surface area (Å²) in [7, 11) is 0. The van der Waals surface area contributed by atoms with Crippen LogP contribution in [-0.4, -0.2) is 38.4 Å². The van der Waals surface area contributed by atoms with Crippen LogP contribution in [0.15, 0.2) is 39.8 Å². The number of benzene rings is 1. The Kier molecular flexibility index (Phi) is 6.69. The van der Waals surface area contributed by atoms with E-state index in [0.717, 1.165) is 38.1 Å². The average Bonchev–Trinajstić information content (AvgIpc) is 3.11. The van der Waals surface area contributed by atoms with E-state index in [9.17, 15) is 19.8 Å². The number of aromatic nitrogens is 1. The number of allylic oxidation sites excluding steroid dienone is 2. The van der Waals surface area contributed by atoms with Crippen LogP contribution in [-0.2, 0) is 16.1 Å². The Bertz CT molecular complexity index is 1130. The Morgan fingerprint density at radius 2 is 1.90 bits per heavy atom. The molecule has 1 aromatic heterocycles. The van der Waals surface area contributed by atoms with Crippen molar-refractivity contribution >= 4 is 59.0 Å². The van der Waals surface area contributed by atoms with E-state index < -0.39 is 18.5 Å². The smallest absolute Gasteiger partial charge is 0.323 e. The molecule has 3 N–H and O–H groups in total. The molecule has 0 aliphatic carbocycles. The lowest BCUT2D eigenvalue weighted by molar-refractivity contribution is -0.138. The second-order valence-corrected chi connectivity index (χ2v) is 9.56. The Morgan fingerprint density at radius 3 is 2.57 bits per heavy atom. The first-order chi connectivity index (χ1) is 14.2. The van der Waals surface area contributed by atoms with E-state index in [1.165, 1.54) is 16.3 Å². The molecule has 0 radical (unpaired) electrons. The predicted octanol–water partition coefficient (Wildman–Crippen LogP) is 4.71. The van der Waals surface area contributed by atoms with Crippen molar-refractivity contribution < 1.29 is 24.9 Å². The first-order valence-corrected chi connectivity index (χ1v) is 11.0. The molecule has 30 heavy (non-hydrogen) atoms. The molecule has 3 rings (SSSR count). The van der Waals surface area contributed by atoms with Crippen LogP contribution in [0.1, 0.15) is 23.8 Å². The first-order valence-electron chi connectivity index (χ1n) is 8.95. The Balaban J connectivity index is 1.83. The molecule has 1 aliphatic rings. The van der Waals surface area contributed by atoms with Crippen LogP contribution in [0.4, 0.5) is 5.69 Å². The topological polar surface area (TPSA) is 103 Å². The van der Waals surface area contributed by atoms with Gasteiger partial charge in [-0.15, -0.1) is 11.3 Å². The van der Waals surface area contributed by atoms with Crippen LogP contribution in [0.2, 0.25) is 0 Å². The van der Waals surface area contributed by atoms with Gasteiger partial charge in [0.15, 0.2) is 3.95 Å². The molecule has 1 aliphatic heterocycles. The molecule has 2 aromatic rings. The van der Waals surface area contributed by atoms with Gasteiger partial charge >= 0.3 is 11.9 Å². The molecule has 7 nitrogen and oxygen atoms in total. The summed E-state index contributed by atoms with van der Waals surface area (Å²) < 4.78 is 1.47. The number of anilines is 1. The monoisotopic (exact) mass is 464 g/mol. The molecule has 0 spiro atoms. The van der Waals surface area contributed by atoms with Gasteiger partial charge in [-0.2, -0.15) is 0 Å². The SMILES string of the molecule is CC(=Cc1sc(=S)n(CC(=O)O)c1O)CC=C1Sc2cc(C)ccc2N1CC(=O)O. The van der Waals surface area contributed by atoms with E-state index >= 15 is 0 Å². The minimum absolute atomic E-state index is 0.127. The van der Waals surface area contributed by atoms with Gasteiger partial charge < -0.3 is 20.2 Å². The summed E-state index contributed by atoms with van der Waals surface area (Å²) in [5, 5.41) is 29.4. The maximum atomic E-state index is 11.3. The second-order valence-electron chi connectivity index (χ2n) is 6.83. The number of carboxylic acids is 2. The number of fused-ring (bicyclic) bond motifs is 1. The van der Waals surface area contributed by atoms with Gasteiger partial charge in [-0.1, -0.05) is 23.4 Å². The van der Waals surface area contributed by atoms with Crippen LogP contribution in [0.5, 0.6) is 5.88 Å². The van der Waals surface area contributed by atoms with Crippen LogP contribution in [0.3, 0.4) is 0 Å². The number of thiazole rings is 1. The van der Waals surface area contributed by atoms with Gasteiger partial charge in [-0.3, -0.25) is 14.2 Å². The predicted molar refractivity (Wildman–Crippen MR) is 121 cm³/mol. The maximum absolute atomic E-state index is 11.3. The summed E-state index contributed by atoms with van der Waals surface area (Å²) in [6.45, 7) is 3.36. The lowest BCUT2D eigenvalue weighted by Gasteiger charge is -2.18. The highest BCUT2D eigenvalue weighted by molar-refractivity contribution is 8.03. The zero-order chi connectivity index (χ0) is 22.0. The standard InChI is InChI=1S/C20H20N2O5S3/c1-11-3-5-13-14(7-11)29-16(21(13)9-17(23)24)6-4-12(2)8-15-19(27)22(10-18(25)26)20(28)30-15/h3,5-8,27H,4,9-10H2,1-2H3,(H,23,24)(H,25,26). The van der Waals surface area contributed by atoms with Crippen molar-refractivity contribution in [3.63, 3.8) is 0 Å². The van der Waals surface area contributed by atoms with E-state index in [4.69, 9.17) is 17.3 Å². The molecule has 0 amide bonds. The van der Waals surface area contributed by atoms with Crippen molar-refractivity contribution in [2.75, 3.05) is 11.4 Å². The van der Waals surface area contributed by atoms with Crippen molar-refractivity contribution in [3.05, 3.63) is 49.3 Å². The largest absolute Gasteiger partial charge is 0.493 e. The van der Waals surface area contributed by atoms with Gasteiger partial charge in [-0.05, 0) is 62.3 Å². The fraction of sp³-hybridized carbons (Fsp3) is 0.250. The van der Waals surface area contributed by atoms with E-state index in [2.05, 4.69) is 0 Å². The number of aliphatic carboxylic acids is 2. The molecular weight excluding hydrogens is 444 g/mol. The Hall–Kier alpha value is -2.56. The number of hydrogen-bond donors (Lipinski definition) is 3. The summed E-state index contributed by atoms with van der Waals surface area (Å²) in [4.78, 5) is 25.6. The molecule has 2 heterocycles. The fourth-order valence-corrected chi connectivity index (χ4v) is 5.50. The Labute approximate surface area is 186 Å². The Morgan fingerprint density at radius 1 is 1.20 bits per heavy atom. The van der Waals surface area contributed by atoms with Crippen molar-refractivity contribution in [2.45, 2.75) is 31.7 Å². The van der Waals surface area contributed by atoms with Crippen LogP contribution in [0, 0.1) is 10.9 Å². The van der Waals surface area contributed by atoms with Crippen LogP contribution >= 0.6 is 35.3 Å². The summed E-state index contributed by atoms with van der Waals surface area (Å²) >= 11 is 7.81. The minimum Gasteiger partial charge on any atom is -0.493 e. The summed E-state index contributed by atoms with van der Waals surface area (Å²) in [6.07, 6.45) is 4.26. The maximum Gasteiger partial charge on any atom is 0.323 e. The third-order valence-corrected chi connectivity index (χ3v) is 6.87. The number of nitrogens with zero attached hydrogens (tertiary/aromatic N) is 2. The van der Waals surface area contributed by atoms with Crippen LogP contribution in [0.25, 0.3) is 6.08 Å². The molecule has 1 aromatic carbocycles. The third kappa shape index (κ3) is 4.94. The number of aromatic hydroxyl groups is 1. The lowest BCUT2D eigenvalue weighted by atomic mass is 10.2. The average molecular weight is 465 g/mol. The first kappa shape index (κ1) is 22.1. The highest BCUT2D eigenvalue weighted by atomic mass is 32.2. The number of carbonyl (C=O) groups is 2. The number of rotatable bonds is 7. The van der Waals surface area contributed by atoms with Gasteiger partial charge in [-0.25, -0.2) is 0 Å². The summed E-state index contributed by atoms with van der Waals surface area (Å²) in [5.74, 6) is -2.15. The number of carboxylic acid groups (broad SMARTS) is 2. The van der Waals surface area contributed by atoms with Gasteiger partial charge in [0.05, 0.1) is 15.6 Å². The summed E-state index contributed by atoms with van der Waals surface area (Å²) in [6, 6.07) is 5.93. The zero-order valence-corrected chi connectivity index (χ0v) is 18.7. The van der Waals surface area contributed by atoms with E-state index in [1.54, 1.807) is 11.0 Å². The van der Waals surface area contributed by atoms with E-state index in [0.29, 0.717) is 11.3 Å². The molecular formula is C20H20N2O5S3. The molecule has 0 saturated carbocycles. The minimum atomic E-state index is -1.08. The van der Waals surface area contributed by atoms with Crippen molar-refractivity contribution in [3.8, 4) is 5.88 Å². The quantitative estimate of drug-likeness (QED) is 0.506. The molecule has 10 heteroatoms. The molecule has 0 saturated heterocycles. The van der Waals surface area contributed by atoms with E-state index in [1.807, 2.05) is 38.1 Å². The normalized spacial score (nSPS) is 14.9. The molecule has 0 fully saturated rings. The van der Waals surface area contributed by atoms with Crippen molar-refractivity contribution in [2.24, 2.45) is 0 Å². The molecule has 0 atom stereocenters. The summed E-state index contributed by atoms with van der Waals surface area (Å²) in [5.41, 5.74) is 2.90. The number of thioether (sulfide) groups is 1. The van der Waals surface area contributed by atoms with Crippen molar-refractivity contribution in [1.29, 1.82) is 0 Å². The highest BCUT2D eigenvalue weighted by Crippen LogP contribution is 2.46. The van der Waals surface area contributed by atoms with Crippen LogP contribution < -0.4 is 4.90 Å². The highest BCUT2D eigenvalue weighted by Gasteiger charge is 2.26. The third-order valence-electron chi connectivity index (χ3n) is 4.34. The zero-order valence-electron chi connectivity index (χ0n) is 16.3. The number of hydrogen-bond acceptors (Lipinski definition) is 7. The number of aryl methyl sites for hydroxylation is 1. The van der Waals surface area contributed by atoms with Gasteiger partial charge in [0.2, 0.25) is 5.88 Å². The lowest BCUT2D eigenvalue weighted by Crippen LogP contribution is -2.25. The van der Waals surface area contributed by atoms with Gasteiger partial charge in [0.25, 0.3) is 0 Å². The van der Waals surface area contributed by atoms with Gasteiger partial charge in [0.1, 0.15) is 13.1 Å². The van der Waals surface area contributed by atoms with Crippen molar-refractivity contribution in [1.82, 2.24) is 4.57 Å².